The zero-order valence-corrected chi connectivity index (χ0v) is 20.1. The Hall–Kier alpha value is -3.68. The van der Waals surface area contributed by atoms with Crippen LogP contribution >= 0.6 is 0 Å². The van der Waals surface area contributed by atoms with E-state index in [-0.39, 0.29) is 11.8 Å². The van der Waals surface area contributed by atoms with Gasteiger partial charge in [0, 0.05) is 31.7 Å². The third kappa shape index (κ3) is 5.21. The zero-order valence-electron chi connectivity index (χ0n) is 20.1. The summed E-state index contributed by atoms with van der Waals surface area (Å²) in [6.07, 6.45) is 2.83. The minimum atomic E-state index is -0.330. The van der Waals surface area contributed by atoms with Gasteiger partial charge < -0.3 is 19.9 Å². The summed E-state index contributed by atoms with van der Waals surface area (Å²) in [5.74, 6) is 1.67. The molecule has 1 fully saturated rings. The van der Waals surface area contributed by atoms with Crippen LogP contribution in [0, 0.1) is 5.82 Å². The Kier molecular flexibility index (Phi) is 6.53. The lowest BCUT2D eigenvalue weighted by Gasteiger charge is -2.30. The van der Waals surface area contributed by atoms with Gasteiger partial charge in [0.05, 0.1) is 17.8 Å². The molecular weight excluding hydrogens is 445 g/mol. The van der Waals surface area contributed by atoms with E-state index >= 15 is 0 Å². The highest BCUT2D eigenvalue weighted by atomic mass is 19.1. The van der Waals surface area contributed by atoms with Crippen LogP contribution in [0.3, 0.4) is 0 Å². The van der Waals surface area contributed by atoms with Gasteiger partial charge in [0.1, 0.15) is 11.6 Å². The van der Waals surface area contributed by atoms with E-state index in [1.807, 2.05) is 24.3 Å². The lowest BCUT2D eigenvalue weighted by atomic mass is 10.0. The van der Waals surface area contributed by atoms with Gasteiger partial charge in [0.25, 0.3) is 0 Å². The molecule has 0 aliphatic carbocycles. The van der Waals surface area contributed by atoms with E-state index in [4.69, 9.17) is 14.7 Å². The number of hydrogen-bond donors (Lipinski definition) is 1. The van der Waals surface area contributed by atoms with Crippen LogP contribution in [0.5, 0.6) is 11.6 Å². The summed E-state index contributed by atoms with van der Waals surface area (Å²) in [5.41, 5.74) is 3.66. The summed E-state index contributed by atoms with van der Waals surface area (Å²) in [4.78, 5) is 26.5. The molecule has 1 saturated heterocycles. The van der Waals surface area contributed by atoms with E-state index in [1.54, 1.807) is 17.0 Å². The first-order chi connectivity index (χ1) is 17.0. The fraction of sp³-hybridized carbons (Fsp3) is 0.370. The number of halogens is 1. The first-order valence-corrected chi connectivity index (χ1v) is 12.2. The van der Waals surface area contributed by atoms with Crippen molar-refractivity contribution in [3.63, 3.8) is 0 Å². The average Bonchev–Trinajstić information content (AvgIpc) is 3.40. The minimum absolute atomic E-state index is 0.177. The van der Waals surface area contributed by atoms with Crippen LogP contribution < -0.4 is 15.0 Å². The normalized spacial score (nSPS) is 15.3. The molecule has 2 aromatic carbocycles. The van der Waals surface area contributed by atoms with Crippen LogP contribution in [0.4, 0.5) is 20.8 Å². The van der Waals surface area contributed by atoms with Crippen molar-refractivity contribution in [3.05, 3.63) is 71.2 Å². The number of fused-ring (bicyclic) bond motifs is 1. The molecule has 0 saturated carbocycles. The van der Waals surface area contributed by atoms with Crippen molar-refractivity contribution in [2.75, 3.05) is 29.9 Å². The highest BCUT2D eigenvalue weighted by molar-refractivity contribution is 5.89. The second-order valence-electron chi connectivity index (χ2n) is 9.38. The second kappa shape index (κ2) is 9.90. The van der Waals surface area contributed by atoms with Gasteiger partial charge in [-0.05, 0) is 60.7 Å². The molecule has 2 amide bonds. The maximum Gasteiger partial charge on any atom is 0.322 e. The smallest absolute Gasteiger partial charge is 0.322 e. The molecule has 2 aliphatic heterocycles. The molecule has 2 aliphatic rings. The van der Waals surface area contributed by atoms with Crippen molar-refractivity contribution in [1.82, 2.24) is 14.9 Å². The minimum Gasteiger partial charge on any atom is -0.438 e. The first kappa shape index (κ1) is 23.1. The summed E-state index contributed by atoms with van der Waals surface area (Å²) in [7, 11) is 0. The number of benzene rings is 2. The molecule has 0 bridgehead atoms. The Morgan fingerprint density at radius 2 is 1.71 bits per heavy atom. The Morgan fingerprint density at radius 1 is 1.00 bits per heavy atom. The van der Waals surface area contributed by atoms with Crippen molar-refractivity contribution in [2.45, 2.75) is 45.6 Å². The lowest BCUT2D eigenvalue weighted by Crippen LogP contribution is -2.39. The van der Waals surface area contributed by atoms with Crippen LogP contribution in [0.1, 0.15) is 49.4 Å². The van der Waals surface area contributed by atoms with Gasteiger partial charge in [-0.25, -0.2) is 14.2 Å². The Morgan fingerprint density at radius 3 is 2.40 bits per heavy atom. The Balaban J connectivity index is 1.38. The van der Waals surface area contributed by atoms with Crippen molar-refractivity contribution >= 4 is 17.7 Å². The van der Waals surface area contributed by atoms with Crippen molar-refractivity contribution in [1.29, 1.82) is 0 Å². The highest BCUT2D eigenvalue weighted by Gasteiger charge is 2.28. The number of carbonyl (C=O) groups excluding carboxylic acids is 1. The van der Waals surface area contributed by atoms with Crippen molar-refractivity contribution < 1.29 is 13.9 Å². The van der Waals surface area contributed by atoms with Gasteiger partial charge in [0.2, 0.25) is 11.8 Å². The summed E-state index contributed by atoms with van der Waals surface area (Å²) in [6.45, 7) is 7.00. The van der Waals surface area contributed by atoms with Crippen LogP contribution in [0.15, 0.2) is 48.5 Å². The number of urea groups is 1. The first-order valence-electron chi connectivity index (χ1n) is 12.2. The van der Waals surface area contributed by atoms with Gasteiger partial charge in [0.15, 0.2) is 0 Å². The van der Waals surface area contributed by atoms with Gasteiger partial charge in [-0.15, -0.1) is 0 Å². The van der Waals surface area contributed by atoms with E-state index in [2.05, 4.69) is 24.1 Å². The predicted octanol–water partition coefficient (Wildman–Crippen LogP) is 5.72. The van der Waals surface area contributed by atoms with Crippen molar-refractivity contribution in [3.8, 4) is 11.6 Å². The van der Waals surface area contributed by atoms with Gasteiger partial charge in [-0.3, -0.25) is 0 Å². The molecule has 1 N–H and O–H groups in total. The molecule has 3 aromatic rings. The van der Waals surface area contributed by atoms with E-state index < -0.39 is 0 Å². The highest BCUT2D eigenvalue weighted by Crippen LogP contribution is 2.32. The molecule has 0 atom stereocenters. The number of carbonyl (C=O) groups is 1. The van der Waals surface area contributed by atoms with Crippen LogP contribution in [-0.2, 0) is 13.0 Å². The van der Waals surface area contributed by atoms with E-state index in [9.17, 15) is 9.18 Å². The number of aromatic nitrogens is 2. The molecular formula is C27H30FN5O2. The SMILES string of the molecule is CC(C)c1ccc(NC(=O)N2CCc3nc(N4CCCC4)nc(Oc4ccc(F)cc4)c3C2)cc1. The van der Waals surface area contributed by atoms with Crippen LogP contribution in [0.2, 0.25) is 0 Å². The fourth-order valence-corrected chi connectivity index (χ4v) is 4.46. The summed E-state index contributed by atoms with van der Waals surface area (Å²) in [6, 6.07) is 13.6. The number of amides is 2. The van der Waals surface area contributed by atoms with E-state index in [0.717, 1.165) is 42.9 Å². The summed E-state index contributed by atoms with van der Waals surface area (Å²) in [5, 5.41) is 3.00. The van der Waals surface area contributed by atoms with Crippen molar-refractivity contribution in [2.24, 2.45) is 0 Å². The molecule has 7 nitrogen and oxygen atoms in total. The standard InChI is InChI=1S/C27H30FN5O2/c1-18(2)19-5-9-21(10-6-19)29-27(34)33-16-13-24-23(17-33)25(35-22-11-7-20(28)8-12-22)31-26(30-24)32-14-3-4-15-32/h5-12,18H,3-4,13-17H2,1-2H3,(H,29,34). The Labute approximate surface area is 204 Å². The van der Waals surface area contributed by atoms with Crippen LogP contribution in [0.25, 0.3) is 0 Å². The molecule has 0 radical (unpaired) electrons. The predicted molar refractivity (Wildman–Crippen MR) is 134 cm³/mol. The largest absolute Gasteiger partial charge is 0.438 e. The number of hydrogen-bond acceptors (Lipinski definition) is 5. The molecule has 0 unspecified atom stereocenters. The molecule has 182 valence electrons. The third-order valence-corrected chi connectivity index (χ3v) is 6.54. The number of nitrogens with zero attached hydrogens (tertiary/aromatic N) is 4. The van der Waals surface area contributed by atoms with Gasteiger partial charge >= 0.3 is 6.03 Å². The number of anilines is 2. The molecule has 0 spiro atoms. The number of rotatable bonds is 5. The maximum atomic E-state index is 13.4. The zero-order chi connectivity index (χ0) is 24.4. The molecule has 8 heteroatoms. The van der Waals surface area contributed by atoms with Crippen LogP contribution in [-0.4, -0.2) is 40.5 Å². The summed E-state index contributed by atoms with van der Waals surface area (Å²) >= 11 is 0. The quantitative estimate of drug-likeness (QED) is 0.511. The van der Waals surface area contributed by atoms with E-state index in [1.165, 1.54) is 17.7 Å². The second-order valence-corrected chi connectivity index (χ2v) is 9.38. The maximum absolute atomic E-state index is 13.4. The monoisotopic (exact) mass is 475 g/mol. The molecule has 35 heavy (non-hydrogen) atoms. The topological polar surface area (TPSA) is 70.6 Å². The number of nitrogens with one attached hydrogen (secondary N) is 1. The summed E-state index contributed by atoms with van der Waals surface area (Å²) < 4.78 is 19.5. The molecule has 1 aromatic heterocycles. The average molecular weight is 476 g/mol. The lowest BCUT2D eigenvalue weighted by molar-refractivity contribution is 0.205. The molecule has 5 rings (SSSR count). The van der Waals surface area contributed by atoms with E-state index in [0.29, 0.717) is 43.0 Å². The molecule has 3 heterocycles. The number of ether oxygens (including phenoxy) is 1. The Bertz CT molecular complexity index is 1190. The van der Waals surface area contributed by atoms with Gasteiger partial charge in [-0.2, -0.15) is 4.98 Å². The van der Waals surface area contributed by atoms with Gasteiger partial charge in [-0.1, -0.05) is 26.0 Å². The fourth-order valence-electron chi connectivity index (χ4n) is 4.46. The third-order valence-electron chi connectivity index (χ3n) is 6.54.